The van der Waals surface area contributed by atoms with E-state index in [0.29, 0.717) is 24.2 Å². The number of sulfonamides is 1. The number of hydrogen-bond acceptors (Lipinski definition) is 5. The van der Waals surface area contributed by atoms with Crippen LogP contribution in [0.4, 0.5) is 23.1 Å². The summed E-state index contributed by atoms with van der Waals surface area (Å²) in [7, 11) is -3.60. The lowest BCUT2D eigenvalue weighted by molar-refractivity contribution is -0.140. The SMILES string of the molecule is Cc1ccc(S(=O)(=O)N2CCC(NC(=O)Nc3nc(C(F)(F)F)cs3)CC2)cc1. The van der Waals surface area contributed by atoms with Crippen molar-refractivity contribution in [3.8, 4) is 0 Å². The zero-order valence-corrected chi connectivity index (χ0v) is 17.0. The van der Waals surface area contributed by atoms with Gasteiger partial charge in [0.25, 0.3) is 0 Å². The molecule has 0 bridgehead atoms. The summed E-state index contributed by atoms with van der Waals surface area (Å²) >= 11 is 0.679. The zero-order valence-electron chi connectivity index (χ0n) is 15.4. The molecule has 0 atom stereocenters. The minimum absolute atomic E-state index is 0.158. The van der Waals surface area contributed by atoms with Crippen molar-refractivity contribution in [1.82, 2.24) is 14.6 Å². The van der Waals surface area contributed by atoms with Crippen molar-refractivity contribution in [2.45, 2.75) is 36.9 Å². The van der Waals surface area contributed by atoms with E-state index in [1.165, 1.54) is 4.31 Å². The second-order valence-electron chi connectivity index (χ2n) is 6.63. The molecular weight excluding hydrogens is 429 g/mol. The van der Waals surface area contributed by atoms with Crippen molar-refractivity contribution in [3.05, 3.63) is 40.9 Å². The molecule has 0 radical (unpaired) electrons. The average Bonchev–Trinajstić information content (AvgIpc) is 3.11. The zero-order chi connectivity index (χ0) is 21.2. The summed E-state index contributed by atoms with van der Waals surface area (Å²) in [6.07, 6.45) is -3.78. The number of carbonyl (C=O) groups is 1. The molecule has 1 saturated heterocycles. The molecule has 2 aromatic rings. The second kappa shape index (κ2) is 8.28. The van der Waals surface area contributed by atoms with Crippen LogP contribution >= 0.6 is 11.3 Å². The van der Waals surface area contributed by atoms with Crippen LogP contribution in [0.15, 0.2) is 34.5 Å². The van der Waals surface area contributed by atoms with Crippen LogP contribution in [0.3, 0.4) is 0 Å². The lowest BCUT2D eigenvalue weighted by Crippen LogP contribution is -2.47. The summed E-state index contributed by atoms with van der Waals surface area (Å²) in [5.74, 6) is 0. The Balaban J connectivity index is 1.52. The van der Waals surface area contributed by atoms with Crippen LogP contribution in [0.2, 0.25) is 0 Å². The number of nitrogens with zero attached hydrogens (tertiary/aromatic N) is 2. The molecule has 12 heteroatoms. The highest BCUT2D eigenvalue weighted by atomic mass is 32.2. The summed E-state index contributed by atoms with van der Waals surface area (Å²) in [6, 6.07) is 5.62. The van der Waals surface area contributed by atoms with Gasteiger partial charge >= 0.3 is 12.2 Å². The lowest BCUT2D eigenvalue weighted by Gasteiger charge is -2.31. The molecule has 2 amide bonds. The van der Waals surface area contributed by atoms with Crippen molar-refractivity contribution in [2.24, 2.45) is 0 Å². The fourth-order valence-corrected chi connectivity index (χ4v) is 5.06. The Morgan fingerprint density at radius 1 is 1.21 bits per heavy atom. The Hall–Kier alpha value is -2.18. The maximum absolute atomic E-state index is 12.7. The maximum Gasteiger partial charge on any atom is 0.434 e. The highest BCUT2D eigenvalue weighted by Gasteiger charge is 2.34. The van der Waals surface area contributed by atoms with Gasteiger partial charge in [0.2, 0.25) is 10.0 Å². The Kier molecular flexibility index (Phi) is 6.15. The average molecular weight is 448 g/mol. The fourth-order valence-electron chi connectivity index (χ4n) is 2.88. The van der Waals surface area contributed by atoms with Gasteiger partial charge in [-0.15, -0.1) is 11.3 Å². The van der Waals surface area contributed by atoms with Crippen LogP contribution in [-0.2, 0) is 16.2 Å². The van der Waals surface area contributed by atoms with Gasteiger partial charge in [-0.2, -0.15) is 17.5 Å². The van der Waals surface area contributed by atoms with Crippen molar-refractivity contribution in [2.75, 3.05) is 18.4 Å². The minimum atomic E-state index is -4.57. The summed E-state index contributed by atoms with van der Waals surface area (Å²) in [5.41, 5.74) is -0.104. The maximum atomic E-state index is 12.7. The number of benzene rings is 1. The van der Waals surface area contributed by atoms with Gasteiger partial charge in [-0.3, -0.25) is 5.32 Å². The number of nitrogens with one attached hydrogen (secondary N) is 2. The molecule has 0 aliphatic carbocycles. The highest BCUT2D eigenvalue weighted by Crippen LogP contribution is 2.31. The molecule has 1 aliphatic heterocycles. The fraction of sp³-hybridized carbons (Fsp3) is 0.412. The van der Waals surface area contributed by atoms with Crippen LogP contribution in [0.5, 0.6) is 0 Å². The molecule has 3 rings (SSSR count). The number of rotatable bonds is 4. The van der Waals surface area contributed by atoms with Gasteiger partial charge in [0.05, 0.1) is 4.90 Å². The van der Waals surface area contributed by atoms with Gasteiger partial charge in [0.1, 0.15) is 0 Å². The van der Waals surface area contributed by atoms with Gasteiger partial charge < -0.3 is 5.32 Å². The number of aryl methyl sites for hydroxylation is 1. The number of aromatic nitrogens is 1. The van der Waals surface area contributed by atoms with Gasteiger partial charge in [-0.25, -0.2) is 18.2 Å². The van der Waals surface area contributed by atoms with Crippen LogP contribution < -0.4 is 10.6 Å². The number of thiazole rings is 1. The summed E-state index contributed by atoms with van der Waals surface area (Å²) < 4.78 is 64.4. The van der Waals surface area contributed by atoms with E-state index < -0.39 is 27.9 Å². The quantitative estimate of drug-likeness (QED) is 0.750. The van der Waals surface area contributed by atoms with E-state index >= 15 is 0 Å². The molecule has 7 nitrogen and oxygen atoms in total. The van der Waals surface area contributed by atoms with Crippen molar-refractivity contribution < 1.29 is 26.4 Å². The van der Waals surface area contributed by atoms with Gasteiger partial charge in [0.15, 0.2) is 10.8 Å². The highest BCUT2D eigenvalue weighted by molar-refractivity contribution is 7.89. The normalized spacial score (nSPS) is 16.6. The summed E-state index contributed by atoms with van der Waals surface area (Å²) in [4.78, 5) is 15.6. The van der Waals surface area contributed by atoms with Crippen molar-refractivity contribution >= 4 is 32.5 Å². The molecule has 29 heavy (non-hydrogen) atoms. The number of amides is 2. The first-order valence-corrected chi connectivity index (χ1v) is 11.0. The summed E-state index contributed by atoms with van der Waals surface area (Å²) in [5, 5.41) is 5.59. The van der Waals surface area contributed by atoms with Crippen molar-refractivity contribution in [1.29, 1.82) is 0 Å². The molecule has 2 N–H and O–H groups in total. The minimum Gasteiger partial charge on any atom is -0.335 e. The molecule has 0 unspecified atom stereocenters. The molecule has 1 aromatic carbocycles. The number of alkyl halides is 3. The van der Waals surface area contributed by atoms with Crippen LogP contribution in [-0.4, -0.2) is 42.9 Å². The van der Waals surface area contributed by atoms with Crippen LogP contribution in [0, 0.1) is 6.92 Å². The molecule has 1 aromatic heterocycles. The third-order valence-corrected chi connectivity index (χ3v) is 7.13. The lowest BCUT2D eigenvalue weighted by atomic mass is 10.1. The third-order valence-electron chi connectivity index (χ3n) is 4.46. The predicted octanol–water partition coefficient (Wildman–Crippen LogP) is 3.45. The molecule has 1 fully saturated rings. The number of halogens is 3. The smallest absolute Gasteiger partial charge is 0.335 e. The number of anilines is 1. The van der Waals surface area contributed by atoms with Crippen LogP contribution in [0.1, 0.15) is 24.1 Å². The standard InChI is InChI=1S/C17H19F3N4O3S2/c1-11-2-4-13(5-3-11)29(26,27)24-8-6-12(7-9-24)21-15(25)23-16-22-14(10-28-16)17(18,19)20/h2-5,10,12H,6-9H2,1H3,(H2,21,22,23,25). The molecule has 1 aliphatic rings. The monoisotopic (exact) mass is 448 g/mol. The number of piperidine rings is 1. The Morgan fingerprint density at radius 3 is 2.38 bits per heavy atom. The number of carbonyl (C=O) groups excluding carboxylic acids is 1. The molecular formula is C17H19F3N4O3S2. The first-order chi connectivity index (χ1) is 13.6. The number of urea groups is 1. The summed E-state index contributed by atoms with van der Waals surface area (Å²) in [6.45, 7) is 2.33. The third kappa shape index (κ3) is 5.25. The Bertz CT molecular complexity index is 967. The predicted molar refractivity (Wildman–Crippen MR) is 102 cm³/mol. The van der Waals surface area contributed by atoms with E-state index in [-0.39, 0.29) is 29.2 Å². The first kappa shape index (κ1) is 21.5. The largest absolute Gasteiger partial charge is 0.434 e. The van der Waals surface area contributed by atoms with Gasteiger partial charge in [-0.1, -0.05) is 17.7 Å². The van der Waals surface area contributed by atoms with E-state index in [4.69, 9.17) is 0 Å². The molecule has 0 spiro atoms. The van der Waals surface area contributed by atoms with Crippen molar-refractivity contribution in [3.63, 3.8) is 0 Å². The first-order valence-electron chi connectivity index (χ1n) is 8.73. The molecule has 158 valence electrons. The number of hydrogen-bond donors (Lipinski definition) is 2. The van der Waals surface area contributed by atoms with Gasteiger partial charge in [0, 0.05) is 24.5 Å². The topological polar surface area (TPSA) is 91.4 Å². The van der Waals surface area contributed by atoms with E-state index in [2.05, 4.69) is 15.6 Å². The van der Waals surface area contributed by atoms with E-state index in [9.17, 15) is 26.4 Å². The van der Waals surface area contributed by atoms with Crippen LogP contribution in [0.25, 0.3) is 0 Å². The van der Waals surface area contributed by atoms with Gasteiger partial charge in [-0.05, 0) is 31.9 Å². The van der Waals surface area contributed by atoms with E-state index in [0.717, 1.165) is 10.9 Å². The van der Waals surface area contributed by atoms with E-state index in [1.54, 1.807) is 24.3 Å². The Morgan fingerprint density at radius 2 is 1.83 bits per heavy atom. The van der Waals surface area contributed by atoms with E-state index in [1.807, 2.05) is 6.92 Å². The molecule has 0 saturated carbocycles. The Labute approximate surface area is 170 Å². The second-order valence-corrected chi connectivity index (χ2v) is 9.42. The molecule has 2 heterocycles.